The van der Waals surface area contributed by atoms with Gasteiger partial charge in [0, 0.05) is 5.69 Å². The zero-order valence-electron chi connectivity index (χ0n) is 14.7. The Labute approximate surface area is 168 Å². The Morgan fingerprint density at radius 1 is 0.852 bits per heavy atom. The molecule has 0 aliphatic heterocycles. The number of nitrogens with one attached hydrogen (secondary N) is 1. The van der Waals surface area contributed by atoms with E-state index >= 15 is 0 Å². The number of ether oxygens (including phenoxy) is 1. The van der Waals surface area contributed by atoms with Gasteiger partial charge in [0.15, 0.2) is 0 Å². The van der Waals surface area contributed by atoms with Crippen molar-refractivity contribution in [3.8, 4) is 11.5 Å². The van der Waals surface area contributed by atoms with Crippen LogP contribution in [0.25, 0.3) is 0 Å². The number of para-hydroxylation sites is 1. The number of sulfonamides is 1. The quantitative estimate of drug-likeness (QED) is 0.532. The van der Waals surface area contributed by atoms with E-state index in [2.05, 4.69) is 4.72 Å². The molecule has 3 rings (SSSR count). The van der Waals surface area contributed by atoms with E-state index in [9.17, 15) is 8.42 Å². The summed E-state index contributed by atoms with van der Waals surface area (Å²) >= 11 is 11.7. The molecule has 0 fully saturated rings. The number of hydrogen-bond donors (Lipinski definition) is 1. The molecule has 4 nitrogen and oxygen atoms in total. The Kier molecular flexibility index (Phi) is 5.65. The third kappa shape index (κ3) is 4.56. The molecule has 27 heavy (non-hydrogen) atoms. The van der Waals surface area contributed by atoms with Gasteiger partial charge in [-0.05, 0) is 67.4 Å². The summed E-state index contributed by atoms with van der Waals surface area (Å²) in [6, 6.07) is 16.8. The Balaban J connectivity index is 1.78. The van der Waals surface area contributed by atoms with Gasteiger partial charge in [0.2, 0.25) is 0 Å². The Bertz CT molecular complexity index is 1060. The van der Waals surface area contributed by atoms with E-state index in [4.69, 9.17) is 27.9 Å². The van der Waals surface area contributed by atoms with Gasteiger partial charge in [-0.1, -0.05) is 41.4 Å². The van der Waals surface area contributed by atoms with Crippen molar-refractivity contribution in [2.24, 2.45) is 0 Å². The molecule has 0 aliphatic carbocycles. The molecule has 140 valence electrons. The van der Waals surface area contributed by atoms with Crippen LogP contribution in [-0.2, 0) is 10.0 Å². The highest BCUT2D eigenvalue weighted by atomic mass is 35.5. The predicted molar refractivity (Wildman–Crippen MR) is 110 cm³/mol. The molecule has 3 aromatic carbocycles. The van der Waals surface area contributed by atoms with Crippen LogP contribution >= 0.6 is 23.2 Å². The van der Waals surface area contributed by atoms with Crippen molar-refractivity contribution in [3.63, 3.8) is 0 Å². The van der Waals surface area contributed by atoms with Crippen molar-refractivity contribution >= 4 is 38.9 Å². The van der Waals surface area contributed by atoms with Gasteiger partial charge in [-0.2, -0.15) is 0 Å². The lowest BCUT2D eigenvalue weighted by molar-refractivity contribution is 0.475. The van der Waals surface area contributed by atoms with Gasteiger partial charge < -0.3 is 4.74 Å². The number of benzene rings is 3. The summed E-state index contributed by atoms with van der Waals surface area (Å²) in [5.74, 6) is 1.41. The maximum absolute atomic E-state index is 12.5. The first-order chi connectivity index (χ1) is 12.8. The van der Waals surface area contributed by atoms with Gasteiger partial charge in [0.05, 0.1) is 14.9 Å². The molecular formula is C20H17Cl2NO3S. The predicted octanol–water partition coefficient (Wildman–Crippen LogP) is 6.20. The van der Waals surface area contributed by atoms with Crippen LogP contribution in [0.15, 0.2) is 65.6 Å². The smallest absolute Gasteiger partial charge is 0.261 e. The van der Waals surface area contributed by atoms with Crippen LogP contribution in [0.3, 0.4) is 0 Å². The number of rotatable bonds is 5. The summed E-state index contributed by atoms with van der Waals surface area (Å²) in [6.45, 7) is 3.95. The van der Waals surface area contributed by atoms with E-state index in [0.717, 1.165) is 16.9 Å². The van der Waals surface area contributed by atoms with Gasteiger partial charge in [0.1, 0.15) is 11.5 Å². The molecule has 0 heterocycles. The van der Waals surface area contributed by atoms with E-state index in [1.807, 2.05) is 32.0 Å². The van der Waals surface area contributed by atoms with Gasteiger partial charge >= 0.3 is 0 Å². The fourth-order valence-corrected chi connectivity index (χ4v) is 3.97. The van der Waals surface area contributed by atoms with E-state index in [1.165, 1.54) is 18.2 Å². The second-order valence-corrected chi connectivity index (χ2v) is 8.53. The number of aryl methyl sites for hydroxylation is 2. The molecule has 0 unspecified atom stereocenters. The second-order valence-electron chi connectivity index (χ2n) is 6.03. The lowest BCUT2D eigenvalue weighted by atomic mass is 10.1. The van der Waals surface area contributed by atoms with Crippen LogP contribution in [0.1, 0.15) is 11.1 Å². The summed E-state index contributed by atoms with van der Waals surface area (Å²) in [6.07, 6.45) is 0. The summed E-state index contributed by atoms with van der Waals surface area (Å²) in [5.41, 5.74) is 2.47. The first-order valence-electron chi connectivity index (χ1n) is 8.08. The Morgan fingerprint density at radius 3 is 2.07 bits per heavy atom. The molecule has 0 bridgehead atoms. The number of anilines is 1. The third-order valence-corrected chi connectivity index (χ3v) is 6.05. The van der Waals surface area contributed by atoms with Gasteiger partial charge in [-0.25, -0.2) is 8.42 Å². The fourth-order valence-electron chi connectivity index (χ4n) is 2.53. The minimum atomic E-state index is -3.77. The summed E-state index contributed by atoms with van der Waals surface area (Å²) < 4.78 is 33.4. The maximum Gasteiger partial charge on any atom is 0.261 e. The minimum absolute atomic E-state index is 0.0350. The van der Waals surface area contributed by atoms with Crippen molar-refractivity contribution in [3.05, 3.63) is 81.8 Å². The lowest BCUT2D eigenvalue weighted by Gasteiger charge is -2.13. The van der Waals surface area contributed by atoms with Crippen molar-refractivity contribution in [1.29, 1.82) is 0 Å². The summed E-state index contributed by atoms with van der Waals surface area (Å²) in [4.78, 5) is 0.0350. The summed E-state index contributed by atoms with van der Waals surface area (Å²) in [7, 11) is -3.77. The van der Waals surface area contributed by atoms with Crippen LogP contribution in [0.5, 0.6) is 11.5 Å². The highest BCUT2D eigenvalue weighted by Crippen LogP contribution is 2.30. The number of hydrogen-bond acceptors (Lipinski definition) is 3. The first kappa shape index (κ1) is 19.5. The van der Waals surface area contributed by atoms with Crippen molar-refractivity contribution in [2.75, 3.05) is 4.72 Å². The molecule has 0 radical (unpaired) electrons. The van der Waals surface area contributed by atoms with Crippen LogP contribution in [0, 0.1) is 13.8 Å². The van der Waals surface area contributed by atoms with E-state index in [-0.39, 0.29) is 9.92 Å². The van der Waals surface area contributed by atoms with Crippen LogP contribution in [0.2, 0.25) is 10.0 Å². The molecule has 0 aliphatic rings. The maximum atomic E-state index is 12.5. The molecule has 0 saturated heterocycles. The molecular weight excluding hydrogens is 405 g/mol. The highest BCUT2D eigenvalue weighted by molar-refractivity contribution is 7.92. The average molecular weight is 422 g/mol. The average Bonchev–Trinajstić information content (AvgIpc) is 2.62. The Morgan fingerprint density at radius 2 is 1.48 bits per heavy atom. The lowest BCUT2D eigenvalue weighted by Crippen LogP contribution is -2.12. The monoisotopic (exact) mass is 421 g/mol. The normalized spacial score (nSPS) is 11.3. The summed E-state index contributed by atoms with van der Waals surface area (Å²) in [5, 5.41) is 0.473. The molecule has 0 atom stereocenters. The van der Waals surface area contributed by atoms with Gasteiger partial charge in [-0.3, -0.25) is 4.72 Å². The van der Waals surface area contributed by atoms with Crippen LogP contribution < -0.4 is 9.46 Å². The van der Waals surface area contributed by atoms with Crippen molar-refractivity contribution < 1.29 is 13.2 Å². The molecule has 0 amide bonds. The zero-order valence-corrected chi connectivity index (χ0v) is 17.0. The minimum Gasteiger partial charge on any atom is -0.457 e. The van der Waals surface area contributed by atoms with E-state index in [1.54, 1.807) is 24.3 Å². The first-order valence-corrected chi connectivity index (χ1v) is 10.3. The standard InChI is InChI=1S/C20H17Cl2NO3S/c1-13-4-3-5-14(2)20(13)26-16-8-6-15(7-9-16)23-27(24,25)17-10-11-18(21)19(22)12-17/h3-12,23H,1-2H3. The second kappa shape index (κ2) is 7.80. The number of halogens is 2. The molecule has 0 aromatic heterocycles. The topological polar surface area (TPSA) is 55.4 Å². The van der Waals surface area contributed by atoms with Crippen LogP contribution in [-0.4, -0.2) is 8.42 Å². The Hall–Kier alpha value is -2.21. The highest BCUT2D eigenvalue weighted by Gasteiger charge is 2.16. The van der Waals surface area contributed by atoms with Crippen molar-refractivity contribution in [1.82, 2.24) is 0 Å². The van der Waals surface area contributed by atoms with Crippen molar-refractivity contribution in [2.45, 2.75) is 18.7 Å². The van der Waals surface area contributed by atoms with Gasteiger partial charge in [-0.15, -0.1) is 0 Å². The molecule has 7 heteroatoms. The molecule has 1 N–H and O–H groups in total. The largest absolute Gasteiger partial charge is 0.457 e. The molecule has 0 spiro atoms. The zero-order chi connectivity index (χ0) is 19.6. The third-order valence-electron chi connectivity index (χ3n) is 3.94. The molecule has 3 aromatic rings. The van der Waals surface area contributed by atoms with Crippen LogP contribution in [0.4, 0.5) is 5.69 Å². The fraction of sp³-hybridized carbons (Fsp3) is 0.100. The van der Waals surface area contributed by atoms with E-state index < -0.39 is 10.0 Å². The molecule has 0 saturated carbocycles. The van der Waals surface area contributed by atoms with Gasteiger partial charge in [0.25, 0.3) is 10.0 Å². The van der Waals surface area contributed by atoms with E-state index in [0.29, 0.717) is 16.5 Å². The SMILES string of the molecule is Cc1cccc(C)c1Oc1ccc(NS(=O)(=O)c2ccc(Cl)c(Cl)c2)cc1.